The highest BCUT2D eigenvalue weighted by molar-refractivity contribution is 14.0. The standard InChI is InChI=1S/C20H27N3OS2.HI/c1-16-9-10-18(19(13-16)25-3)14-23-20(21-2)22-11-12-26(24)15-17-7-5-4-6-8-17;/h4-10,13H,11-12,14-15H2,1-3H3,(H2,21,22,23);1H. The lowest BCUT2D eigenvalue weighted by Crippen LogP contribution is -2.38. The van der Waals surface area contributed by atoms with Gasteiger partial charge >= 0.3 is 0 Å². The summed E-state index contributed by atoms with van der Waals surface area (Å²) in [6, 6.07) is 16.4. The second-order valence-corrected chi connectivity index (χ2v) is 8.37. The largest absolute Gasteiger partial charge is 0.355 e. The van der Waals surface area contributed by atoms with E-state index >= 15 is 0 Å². The molecule has 27 heavy (non-hydrogen) atoms. The molecule has 1 atom stereocenters. The first-order valence-corrected chi connectivity index (χ1v) is 11.3. The molecule has 2 N–H and O–H groups in total. The van der Waals surface area contributed by atoms with Crippen molar-refractivity contribution in [2.24, 2.45) is 4.99 Å². The third-order valence-corrected chi connectivity index (χ3v) is 6.04. The minimum absolute atomic E-state index is 0. The molecule has 0 aliphatic heterocycles. The molecule has 2 aromatic carbocycles. The average Bonchev–Trinajstić information content (AvgIpc) is 2.66. The molecule has 2 rings (SSSR count). The van der Waals surface area contributed by atoms with Crippen molar-refractivity contribution in [3.63, 3.8) is 0 Å². The molecule has 2 aromatic rings. The Bertz CT molecular complexity index is 754. The number of nitrogens with one attached hydrogen (secondary N) is 2. The molecule has 0 amide bonds. The minimum Gasteiger partial charge on any atom is -0.355 e. The van der Waals surface area contributed by atoms with Gasteiger partial charge in [0.2, 0.25) is 0 Å². The van der Waals surface area contributed by atoms with E-state index in [1.54, 1.807) is 18.8 Å². The van der Waals surface area contributed by atoms with Gasteiger partial charge in [-0.25, -0.2) is 0 Å². The molecule has 0 spiro atoms. The van der Waals surface area contributed by atoms with Crippen molar-refractivity contribution in [1.82, 2.24) is 10.6 Å². The van der Waals surface area contributed by atoms with Crippen LogP contribution in [0.25, 0.3) is 0 Å². The molecule has 0 aliphatic rings. The van der Waals surface area contributed by atoms with Gasteiger partial charge in [0.1, 0.15) is 0 Å². The van der Waals surface area contributed by atoms with E-state index in [1.807, 2.05) is 30.3 Å². The fourth-order valence-corrected chi connectivity index (χ4v) is 4.26. The maximum Gasteiger partial charge on any atom is 0.191 e. The van der Waals surface area contributed by atoms with Crippen molar-refractivity contribution < 1.29 is 4.21 Å². The molecule has 0 radical (unpaired) electrons. The van der Waals surface area contributed by atoms with Crippen LogP contribution in [0.5, 0.6) is 0 Å². The van der Waals surface area contributed by atoms with Crippen LogP contribution in [0.15, 0.2) is 58.4 Å². The van der Waals surface area contributed by atoms with Crippen LogP contribution in [0.3, 0.4) is 0 Å². The predicted molar refractivity (Wildman–Crippen MR) is 130 cm³/mol. The number of hydrogen-bond acceptors (Lipinski definition) is 3. The molecule has 0 saturated heterocycles. The van der Waals surface area contributed by atoms with Gasteiger partial charge in [0.05, 0.1) is 0 Å². The van der Waals surface area contributed by atoms with E-state index in [2.05, 4.69) is 47.0 Å². The van der Waals surface area contributed by atoms with E-state index in [4.69, 9.17) is 0 Å². The topological polar surface area (TPSA) is 53.5 Å². The fourth-order valence-electron chi connectivity index (χ4n) is 2.51. The summed E-state index contributed by atoms with van der Waals surface area (Å²) in [6.45, 7) is 3.44. The molecule has 4 nitrogen and oxygen atoms in total. The van der Waals surface area contributed by atoms with E-state index < -0.39 is 10.8 Å². The van der Waals surface area contributed by atoms with Gasteiger partial charge in [-0.1, -0.05) is 42.5 Å². The Balaban J connectivity index is 0.00000364. The lowest BCUT2D eigenvalue weighted by molar-refractivity contribution is 0.680. The summed E-state index contributed by atoms with van der Waals surface area (Å²) in [6.07, 6.45) is 2.09. The Morgan fingerprint density at radius 1 is 1.15 bits per heavy atom. The number of aryl methyl sites for hydroxylation is 1. The van der Waals surface area contributed by atoms with Crippen LogP contribution in [-0.4, -0.2) is 35.8 Å². The Morgan fingerprint density at radius 3 is 2.56 bits per heavy atom. The SMILES string of the molecule is CN=C(NCCS(=O)Cc1ccccc1)NCc1ccc(C)cc1SC.I. The van der Waals surface area contributed by atoms with E-state index in [9.17, 15) is 4.21 Å². The van der Waals surface area contributed by atoms with Gasteiger partial charge in [-0.3, -0.25) is 9.20 Å². The summed E-state index contributed by atoms with van der Waals surface area (Å²) in [4.78, 5) is 5.52. The van der Waals surface area contributed by atoms with Gasteiger partial charge in [0.25, 0.3) is 0 Å². The second-order valence-electron chi connectivity index (χ2n) is 5.94. The Labute approximate surface area is 186 Å². The maximum atomic E-state index is 12.2. The van der Waals surface area contributed by atoms with Gasteiger partial charge in [-0.05, 0) is 35.9 Å². The summed E-state index contributed by atoms with van der Waals surface area (Å²) < 4.78 is 12.2. The number of benzene rings is 2. The molecular formula is C20H28IN3OS2. The Kier molecular flexibility index (Phi) is 11.7. The summed E-state index contributed by atoms with van der Waals surface area (Å²) >= 11 is 1.75. The zero-order chi connectivity index (χ0) is 18.8. The highest BCUT2D eigenvalue weighted by Gasteiger charge is 2.05. The second kappa shape index (κ2) is 13.2. The van der Waals surface area contributed by atoms with Crippen LogP contribution in [0.4, 0.5) is 0 Å². The van der Waals surface area contributed by atoms with Gasteiger partial charge in [0.15, 0.2) is 5.96 Å². The van der Waals surface area contributed by atoms with Crippen molar-refractivity contribution in [1.29, 1.82) is 0 Å². The maximum absolute atomic E-state index is 12.2. The first-order valence-electron chi connectivity index (χ1n) is 8.59. The first-order chi connectivity index (χ1) is 12.6. The van der Waals surface area contributed by atoms with Gasteiger partial charge in [0, 0.05) is 47.3 Å². The third kappa shape index (κ3) is 8.66. The quantitative estimate of drug-likeness (QED) is 0.241. The number of aliphatic imine (C=N–C) groups is 1. The summed E-state index contributed by atoms with van der Waals surface area (Å²) in [7, 11) is 0.865. The predicted octanol–water partition coefficient (Wildman–Crippen LogP) is 3.95. The summed E-state index contributed by atoms with van der Waals surface area (Å²) in [5.41, 5.74) is 3.62. The molecule has 148 valence electrons. The number of guanidine groups is 1. The molecule has 0 bridgehead atoms. The van der Waals surface area contributed by atoms with Crippen LogP contribution < -0.4 is 10.6 Å². The molecule has 7 heteroatoms. The number of nitrogens with zero attached hydrogens (tertiary/aromatic N) is 1. The monoisotopic (exact) mass is 517 g/mol. The van der Waals surface area contributed by atoms with E-state index in [-0.39, 0.29) is 24.0 Å². The molecule has 0 aliphatic carbocycles. The average molecular weight is 518 g/mol. The smallest absolute Gasteiger partial charge is 0.191 e. The highest BCUT2D eigenvalue weighted by atomic mass is 127. The van der Waals surface area contributed by atoms with Crippen LogP contribution >= 0.6 is 35.7 Å². The van der Waals surface area contributed by atoms with Crippen molar-refractivity contribution in [2.75, 3.05) is 25.6 Å². The number of rotatable bonds is 8. The molecule has 0 aromatic heterocycles. The minimum atomic E-state index is -0.886. The van der Waals surface area contributed by atoms with Crippen molar-refractivity contribution in [2.45, 2.75) is 24.1 Å². The lowest BCUT2D eigenvalue weighted by atomic mass is 10.1. The zero-order valence-electron chi connectivity index (χ0n) is 16.0. The highest BCUT2D eigenvalue weighted by Crippen LogP contribution is 2.21. The van der Waals surface area contributed by atoms with Gasteiger partial charge < -0.3 is 10.6 Å². The number of thioether (sulfide) groups is 1. The first kappa shape index (κ1) is 24.0. The summed E-state index contributed by atoms with van der Waals surface area (Å²) in [5, 5.41) is 6.57. The normalized spacial score (nSPS) is 12.2. The van der Waals surface area contributed by atoms with Crippen LogP contribution in [0.2, 0.25) is 0 Å². The van der Waals surface area contributed by atoms with Crippen molar-refractivity contribution in [3.05, 3.63) is 65.2 Å². The molecule has 0 fully saturated rings. The van der Waals surface area contributed by atoms with Gasteiger partial charge in [-0.15, -0.1) is 35.7 Å². The van der Waals surface area contributed by atoms with E-state index in [1.165, 1.54) is 16.0 Å². The number of hydrogen-bond donors (Lipinski definition) is 2. The van der Waals surface area contributed by atoms with Crippen LogP contribution in [-0.2, 0) is 23.1 Å². The zero-order valence-corrected chi connectivity index (χ0v) is 20.0. The molecule has 1 unspecified atom stereocenters. The third-order valence-electron chi connectivity index (χ3n) is 3.91. The lowest BCUT2D eigenvalue weighted by Gasteiger charge is -2.14. The van der Waals surface area contributed by atoms with Crippen LogP contribution in [0.1, 0.15) is 16.7 Å². The Hall–Kier alpha value is -1.06. The molecule has 0 saturated carbocycles. The number of halogens is 1. The molecular weight excluding hydrogens is 489 g/mol. The van der Waals surface area contributed by atoms with Crippen molar-refractivity contribution in [3.8, 4) is 0 Å². The molecule has 0 heterocycles. The fraction of sp³-hybridized carbons (Fsp3) is 0.350. The van der Waals surface area contributed by atoms with E-state index in [0.29, 0.717) is 24.6 Å². The van der Waals surface area contributed by atoms with Gasteiger partial charge in [-0.2, -0.15) is 0 Å². The summed E-state index contributed by atoms with van der Waals surface area (Å²) in [5.74, 6) is 1.92. The van der Waals surface area contributed by atoms with Crippen LogP contribution in [0, 0.1) is 6.92 Å². The van der Waals surface area contributed by atoms with Crippen molar-refractivity contribution >= 4 is 52.5 Å². The Morgan fingerprint density at radius 2 is 1.89 bits per heavy atom. The van der Waals surface area contributed by atoms with E-state index in [0.717, 1.165) is 11.5 Å².